The van der Waals surface area contributed by atoms with Gasteiger partial charge in [-0.1, -0.05) is 35.5 Å². The number of nitrogens with zero attached hydrogens (tertiary/aromatic N) is 4. The molecular formula is C13H15ClN4S. The number of fused-ring (bicyclic) bond motifs is 1. The van der Waals surface area contributed by atoms with Gasteiger partial charge < -0.3 is 0 Å². The van der Waals surface area contributed by atoms with E-state index in [2.05, 4.69) is 33.5 Å². The van der Waals surface area contributed by atoms with Gasteiger partial charge in [0.25, 0.3) is 0 Å². The lowest BCUT2D eigenvalue weighted by atomic mass is 10.2. The van der Waals surface area contributed by atoms with Crippen LogP contribution in [-0.4, -0.2) is 31.6 Å². The fourth-order valence-corrected chi connectivity index (χ4v) is 3.29. The highest BCUT2D eigenvalue weighted by Gasteiger charge is 2.23. The molecule has 3 rings (SSSR count). The number of halogens is 1. The highest BCUT2D eigenvalue weighted by molar-refractivity contribution is 7.99. The minimum atomic E-state index is 0.510. The maximum absolute atomic E-state index is 6.05. The van der Waals surface area contributed by atoms with E-state index in [0.29, 0.717) is 6.04 Å². The van der Waals surface area contributed by atoms with Crippen LogP contribution >= 0.6 is 23.4 Å². The first-order valence-electron chi connectivity index (χ1n) is 6.21. The van der Waals surface area contributed by atoms with Crippen molar-refractivity contribution in [2.45, 2.75) is 31.7 Å². The molecule has 0 N–H and O–H groups in total. The lowest BCUT2D eigenvalue weighted by molar-refractivity contribution is 0.193. The van der Waals surface area contributed by atoms with Gasteiger partial charge in [0.1, 0.15) is 0 Å². The van der Waals surface area contributed by atoms with Crippen LogP contribution in [0.25, 0.3) is 11.4 Å². The predicted molar refractivity (Wildman–Crippen MR) is 78.2 cm³/mol. The van der Waals surface area contributed by atoms with Crippen molar-refractivity contribution in [1.82, 2.24) is 19.7 Å². The first-order chi connectivity index (χ1) is 9.15. The molecule has 0 fully saturated rings. The third-order valence-electron chi connectivity index (χ3n) is 3.21. The summed E-state index contributed by atoms with van der Waals surface area (Å²) >= 11 is 7.78. The minimum absolute atomic E-state index is 0.510. The lowest BCUT2D eigenvalue weighted by Gasteiger charge is -2.30. The second-order valence-electron chi connectivity index (χ2n) is 4.84. The maximum Gasteiger partial charge on any atom is 0.193 e. The Kier molecular flexibility index (Phi) is 3.52. The van der Waals surface area contributed by atoms with Crippen LogP contribution in [0.15, 0.2) is 29.4 Å². The summed E-state index contributed by atoms with van der Waals surface area (Å²) in [6, 6.07) is 8.26. The van der Waals surface area contributed by atoms with Gasteiger partial charge in [-0.15, -0.1) is 10.2 Å². The van der Waals surface area contributed by atoms with Gasteiger partial charge in [-0.2, -0.15) is 0 Å². The SMILES string of the molecule is CC(C)N1CSc2nnc(-c3cccc(Cl)c3)n2C1. The molecule has 0 aliphatic carbocycles. The van der Waals surface area contributed by atoms with Crippen molar-refractivity contribution >= 4 is 23.4 Å². The summed E-state index contributed by atoms with van der Waals surface area (Å²) in [7, 11) is 0. The molecular weight excluding hydrogens is 280 g/mol. The molecule has 6 heteroatoms. The number of rotatable bonds is 2. The summed E-state index contributed by atoms with van der Waals surface area (Å²) in [6.07, 6.45) is 0. The van der Waals surface area contributed by atoms with E-state index in [9.17, 15) is 0 Å². The molecule has 0 radical (unpaired) electrons. The van der Waals surface area contributed by atoms with Crippen LogP contribution < -0.4 is 0 Å². The molecule has 1 aliphatic rings. The van der Waals surface area contributed by atoms with Gasteiger partial charge in [0.05, 0.1) is 12.5 Å². The molecule has 0 saturated carbocycles. The Labute approximate surface area is 121 Å². The molecule has 2 heterocycles. The smallest absolute Gasteiger partial charge is 0.193 e. The summed E-state index contributed by atoms with van der Waals surface area (Å²) in [5.41, 5.74) is 1.01. The molecule has 0 unspecified atom stereocenters. The van der Waals surface area contributed by atoms with Crippen LogP contribution in [0.5, 0.6) is 0 Å². The molecule has 0 amide bonds. The molecule has 19 heavy (non-hydrogen) atoms. The maximum atomic E-state index is 6.05. The van der Waals surface area contributed by atoms with Crippen molar-refractivity contribution < 1.29 is 0 Å². The Morgan fingerprint density at radius 2 is 2.16 bits per heavy atom. The summed E-state index contributed by atoms with van der Waals surface area (Å²) in [6.45, 7) is 5.23. The quantitative estimate of drug-likeness (QED) is 0.851. The Morgan fingerprint density at radius 3 is 2.89 bits per heavy atom. The number of hydrogen-bond donors (Lipinski definition) is 0. The fraction of sp³-hybridized carbons (Fsp3) is 0.385. The monoisotopic (exact) mass is 294 g/mol. The largest absolute Gasteiger partial charge is 0.288 e. The van der Waals surface area contributed by atoms with Gasteiger partial charge in [0, 0.05) is 16.6 Å². The third-order valence-corrected chi connectivity index (χ3v) is 4.47. The fourth-order valence-electron chi connectivity index (χ4n) is 2.04. The Bertz CT molecular complexity index is 596. The van der Waals surface area contributed by atoms with E-state index in [1.54, 1.807) is 11.8 Å². The first kappa shape index (κ1) is 13.0. The summed E-state index contributed by atoms with van der Waals surface area (Å²) in [4.78, 5) is 2.38. The van der Waals surface area contributed by atoms with Gasteiger partial charge >= 0.3 is 0 Å². The van der Waals surface area contributed by atoms with Crippen molar-refractivity contribution in [1.29, 1.82) is 0 Å². The number of hydrogen-bond acceptors (Lipinski definition) is 4. The van der Waals surface area contributed by atoms with E-state index in [1.807, 2.05) is 24.3 Å². The van der Waals surface area contributed by atoms with Gasteiger partial charge in [-0.3, -0.25) is 9.47 Å². The summed E-state index contributed by atoms with van der Waals surface area (Å²) in [5.74, 6) is 1.85. The molecule has 1 aromatic heterocycles. The second kappa shape index (κ2) is 5.15. The van der Waals surface area contributed by atoms with Crippen molar-refractivity contribution in [2.75, 3.05) is 5.88 Å². The molecule has 1 aliphatic heterocycles. The number of aromatic nitrogens is 3. The Morgan fingerprint density at radius 1 is 1.32 bits per heavy atom. The lowest BCUT2D eigenvalue weighted by Crippen LogP contribution is -2.35. The summed E-state index contributed by atoms with van der Waals surface area (Å²) in [5, 5.41) is 10.3. The van der Waals surface area contributed by atoms with E-state index >= 15 is 0 Å². The van der Waals surface area contributed by atoms with Crippen molar-refractivity contribution in [3.05, 3.63) is 29.3 Å². The number of benzene rings is 1. The topological polar surface area (TPSA) is 34.0 Å². The molecule has 4 nitrogen and oxygen atoms in total. The molecule has 0 spiro atoms. The summed E-state index contributed by atoms with van der Waals surface area (Å²) < 4.78 is 2.15. The average molecular weight is 295 g/mol. The van der Waals surface area contributed by atoms with Crippen LogP contribution in [0, 0.1) is 0 Å². The Hall–Kier alpha value is -1.04. The van der Waals surface area contributed by atoms with E-state index in [1.165, 1.54) is 0 Å². The van der Waals surface area contributed by atoms with Crippen molar-refractivity contribution in [3.8, 4) is 11.4 Å². The highest BCUT2D eigenvalue weighted by Crippen LogP contribution is 2.30. The van der Waals surface area contributed by atoms with Gasteiger partial charge in [-0.05, 0) is 26.0 Å². The zero-order valence-electron chi connectivity index (χ0n) is 10.9. The third kappa shape index (κ3) is 2.50. The molecule has 0 atom stereocenters. The molecule has 1 aromatic carbocycles. The molecule has 2 aromatic rings. The van der Waals surface area contributed by atoms with E-state index in [-0.39, 0.29) is 0 Å². The van der Waals surface area contributed by atoms with E-state index < -0.39 is 0 Å². The van der Waals surface area contributed by atoms with Crippen molar-refractivity contribution in [3.63, 3.8) is 0 Å². The van der Waals surface area contributed by atoms with Crippen LogP contribution in [0.2, 0.25) is 5.02 Å². The van der Waals surface area contributed by atoms with Gasteiger partial charge in [0.15, 0.2) is 11.0 Å². The second-order valence-corrected chi connectivity index (χ2v) is 6.19. The van der Waals surface area contributed by atoms with Crippen molar-refractivity contribution in [2.24, 2.45) is 0 Å². The Balaban J connectivity index is 1.99. The van der Waals surface area contributed by atoms with Gasteiger partial charge in [-0.25, -0.2) is 0 Å². The van der Waals surface area contributed by atoms with E-state index in [4.69, 9.17) is 11.6 Å². The number of thioether (sulfide) groups is 1. The van der Waals surface area contributed by atoms with Gasteiger partial charge in [0.2, 0.25) is 0 Å². The zero-order chi connectivity index (χ0) is 13.4. The molecule has 100 valence electrons. The average Bonchev–Trinajstić information content (AvgIpc) is 2.81. The normalized spacial score (nSPS) is 15.8. The van der Waals surface area contributed by atoms with E-state index in [0.717, 1.165) is 34.1 Å². The predicted octanol–water partition coefficient (Wildman–Crippen LogP) is 3.33. The van der Waals surface area contributed by atoms with Crippen LogP contribution in [-0.2, 0) is 6.67 Å². The standard InChI is InChI=1S/C13H15ClN4S/c1-9(2)17-7-18-12(15-16-13(18)19-8-17)10-4-3-5-11(14)6-10/h3-6,9H,7-8H2,1-2H3. The molecule has 0 bridgehead atoms. The minimum Gasteiger partial charge on any atom is -0.288 e. The first-order valence-corrected chi connectivity index (χ1v) is 7.57. The van der Waals surface area contributed by atoms with Crippen LogP contribution in [0.1, 0.15) is 13.8 Å². The van der Waals surface area contributed by atoms with Crippen LogP contribution in [0.3, 0.4) is 0 Å². The molecule has 0 saturated heterocycles. The van der Waals surface area contributed by atoms with Crippen LogP contribution in [0.4, 0.5) is 0 Å². The highest BCUT2D eigenvalue weighted by atomic mass is 35.5. The zero-order valence-corrected chi connectivity index (χ0v) is 12.4.